The Labute approximate surface area is 127 Å². The van der Waals surface area contributed by atoms with Gasteiger partial charge < -0.3 is 10.4 Å². The molecule has 1 heterocycles. The highest BCUT2D eigenvalue weighted by molar-refractivity contribution is 5.93. The maximum Gasteiger partial charge on any atom is 0.416 e. The number of amides is 1. The van der Waals surface area contributed by atoms with E-state index in [0.717, 1.165) is 24.3 Å². The van der Waals surface area contributed by atoms with Gasteiger partial charge in [0.15, 0.2) is 6.04 Å². The van der Waals surface area contributed by atoms with Gasteiger partial charge in [-0.1, -0.05) is 12.1 Å². The van der Waals surface area contributed by atoms with E-state index < -0.39 is 29.7 Å². The molecule has 0 fully saturated rings. The number of halogens is 3. The van der Waals surface area contributed by atoms with Gasteiger partial charge in [0.05, 0.1) is 5.56 Å². The lowest BCUT2D eigenvalue weighted by molar-refractivity contribution is -0.139. The van der Waals surface area contributed by atoms with Crippen molar-refractivity contribution in [3.63, 3.8) is 0 Å². The topological polar surface area (TPSA) is 97.1 Å². The maximum atomic E-state index is 12.5. The average molecular weight is 328 g/mol. The lowest BCUT2D eigenvalue weighted by Gasteiger charge is -2.15. The molecule has 0 aliphatic heterocycles. The van der Waals surface area contributed by atoms with E-state index in [1.54, 1.807) is 0 Å². The Morgan fingerprint density at radius 1 is 1.26 bits per heavy atom. The number of aromatic nitrogens is 3. The largest absolute Gasteiger partial charge is 0.479 e. The summed E-state index contributed by atoms with van der Waals surface area (Å²) in [6.45, 7) is 0. The molecule has 2 N–H and O–H groups in total. The highest BCUT2D eigenvalue weighted by atomic mass is 19.4. The highest BCUT2D eigenvalue weighted by Crippen LogP contribution is 2.30. The molecule has 0 aliphatic carbocycles. The van der Waals surface area contributed by atoms with Crippen molar-refractivity contribution in [3.05, 3.63) is 47.5 Å². The number of aryl methyl sites for hydroxylation is 1. The van der Waals surface area contributed by atoms with Crippen molar-refractivity contribution in [3.8, 4) is 0 Å². The van der Waals surface area contributed by atoms with E-state index in [0.29, 0.717) is 0 Å². The molecule has 7 nitrogen and oxygen atoms in total. The first-order valence-corrected chi connectivity index (χ1v) is 6.25. The molecule has 10 heteroatoms. The number of rotatable bonds is 4. The number of aliphatic carboxylic acids is 1. The first-order chi connectivity index (χ1) is 10.7. The van der Waals surface area contributed by atoms with Crippen LogP contribution in [0.3, 0.4) is 0 Å². The maximum absolute atomic E-state index is 12.5. The Hall–Kier alpha value is -2.91. The number of hydrogen-bond donors (Lipinski definition) is 2. The van der Waals surface area contributed by atoms with E-state index in [1.807, 2.05) is 0 Å². The van der Waals surface area contributed by atoms with Gasteiger partial charge in [-0.25, -0.2) is 9.78 Å². The second-order valence-electron chi connectivity index (χ2n) is 4.61. The minimum Gasteiger partial charge on any atom is -0.479 e. The molecule has 0 saturated heterocycles. The molecule has 2 rings (SSSR count). The predicted octanol–water partition coefficient (Wildman–Crippen LogP) is 1.39. The van der Waals surface area contributed by atoms with Crippen molar-refractivity contribution in [2.75, 3.05) is 0 Å². The van der Waals surface area contributed by atoms with E-state index in [9.17, 15) is 27.9 Å². The van der Waals surface area contributed by atoms with Crippen LogP contribution in [0.5, 0.6) is 0 Å². The zero-order valence-corrected chi connectivity index (χ0v) is 11.7. The fraction of sp³-hybridized carbons (Fsp3) is 0.231. The van der Waals surface area contributed by atoms with Crippen LogP contribution in [0.25, 0.3) is 0 Å². The van der Waals surface area contributed by atoms with Gasteiger partial charge in [0.1, 0.15) is 6.33 Å². The third-order valence-corrected chi connectivity index (χ3v) is 2.90. The minimum absolute atomic E-state index is 0.00483. The summed E-state index contributed by atoms with van der Waals surface area (Å²) in [4.78, 5) is 26.8. The molecule has 0 radical (unpaired) electrons. The Balaban J connectivity index is 2.22. The van der Waals surface area contributed by atoms with Crippen LogP contribution in [-0.4, -0.2) is 31.7 Å². The van der Waals surface area contributed by atoms with Gasteiger partial charge in [0.25, 0.3) is 5.91 Å². The van der Waals surface area contributed by atoms with E-state index in [4.69, 9.17) is 0 Å². The Morgan fingerprint density at radius 2 is 1.87 bits per heavy atom. The molecule has 0 aliphatic rings. The molecule has 1 aromatic carbocycles. The van der Waals surface area contributed by atoms with Gasteiger partial charge in [0.2, 0.25) is 5.82 Å². The quantitative estimate of drug-likeness (QED) is 0.884. The summed E-state index contributed by atoms with van der Waals surface area (Å²) >= 11 is 0. The Bertz CT molecular complexity index is 725. The van der Waals surface area contributed by atoms with Gasteiger partial charge in [-0.3, -0.25) is 9.48 Å². The standard InChI is InChI=1S/C13H11F3N4O3/c1-20-6-17-10(19-20)11(21)18-9(12(22)23)7-2-4-8(5-3-7)13(14,15)16/h2-6,9H,1H3,(H,18,21)(H,22,23). The molecule has 122 valence electrons. The third kappa shape index (κ3) is 3.84. The van der Waals surface area contributed by atoms with E-state index in [2.05, 4.69) is 15.4 Å². The predicted molar refractivity (Wildman–Crippen MR) is 70.3 cm³/mol. The van der Waals surface area contributed by atoms with Crippen molar-refractivity contribution in [2.45, 2.75) is 12.2 Å². The van der Waals surface area contributed by atoms with E-state index in [1.165, 1.54) is 18.1 Å². The smallest absolute Gasteiger partial charge is 0.416 e. The van der Waals surface area contributed by atoms with Crippen LogP contribution in [0.2, 0.25) is 0 Å². The highest BCUT2D eigenvalue weighted by Gasteiger charge is 2.31. The number of nitrogens with zero attached hydrogens (tertiary/aromatic N) is 3. The van der Waals surface area contributed by atoms with Gasteiger partial charge in [-0.15, -0.1) is 5.10 Å². The fourth-order valence-electron chi connectivity index (χ4n) is 1.79. The number of nitrogens with one attached hydrogen (secondary N) is 1. The molecular formula is C13H11F3N4O3. The summed E-state index contributed by atoms with van der Waals surface area (Å²) in [5, 5.41) is 15.1. The summed E-state index contributed by atoms with van der Waals surface area (Å²) < 4.78 is 38.8. The number of carbonyl (C=O) groups excluding carboxylic acids is 1. The van der Waals surface area contributed by atoms with Gasteiger partial charge in [-0.05, 0) is 17.7 Å². The normalized spacial score (nSPS) is 12.7. The van der Waals surface area contributed by atoms with Crippen molar-refractivity contribution in [2.24, 2.45) is 7.05 Å². The van der Waals surface area contributed by atoms with Crippen LogP contribution in [-0.2, 0) is 18.0 Å². The van der Waals surface area contributed by atoms with E-state index in [-0.39, 0.29) is 11.4 Å². The van der Waals surface area contributed by atoms with Crippen LogP contribution in [0.4, 0.5) is 13.2 Å². The van der Waals surface area contributed by atoms with Crippen LogP contribution >= 0.6 is 0 Å². The number of benzene rings is 1. The molecule has 0 spiro atoms. The molecule has 0 bridgehead atoms. The molecule has 1 atom stereocenters. The van der Waals surface area contributed by atoms with Crippen LogP contribution < -0.4 is 5.32 Å². The monoisotopic (exact) mass is 328 g/mol. The summed E-state index contributed by atoms with van der Waals surface area (Å²) in [5.41, 5.74) is -0.919. The van der Waals surface area contributed by atoms with Crippen molar-refractivity contribution >= 4 is 11.9 Å². The Kier molecular flexibility index (Phi) is 4.34. The number of carboxylic acids is 1. The average Bonchev–Trinajstić information content (AvgIpc) is 2.90. The second kappa shape index (κ2) is 6.07. The SMILES string of the molecule is Cn1cnc(C(=O)NC(C(=O)O)c2ccc(C(F)(F)F)cc2)n1. The van der Waals surface area contributed by atoms with Gasteiger partial charge in [0, 0.05) is 7.05 Å². The molecule has 0 saturated carbocycles. The number of carbonyl (C=O) groups is 2. The van der Waals surface area contributed by atoms with Gasteiger partial charge >= 0.3 is 12.1 Å². The zero-order chi connectivity index (χ0) is 17.2. The number of carboxylic acid groups (broad SMARTS) is 1. The molecule has 1 unspecified atom stereocenters. The lowest BCUT2D eigenvalue weighted by atomic mass is 10.0. The van der Waals surface area contributed by atoms with Crippen molar-refractivity contribution in [1.82, 2.24) is 20.1 Å². The minimum atomic E-state index is -4.53. The third-order valence-electron chi connectivity index (χ3n) is 2.90. The lowest BCUT2D eigenvalue weighted by Crippen LogP contribution is -2.34. The fourth-order valence-corrected chi connectivity index (χ4v) is 1.79. The summed E-state index contributed by atoms with van der Waals surface area (Å²) in [6.07, 6.45) is -3.28. The summed E-state index contributed by atoms with van der Waals surface area (Å²) in [7, 11) is 1.52. The molecule has 1 aromatic heterocycles. The molecule has 2 aromatic rings. The molecule has 23 heavy (non-hydrogen) atoms. The molecular weight excluding hydrogens is 317 g/mol. The van der Waals surface area contributed by atoms with E-state index >= 15 is 0 Å². The van der Waals surface area contributed by atoms with Crippen LogP contribution in [0, 0.1) is 0 Å². The number of hydrogen-bond acceptors (Lipinski definition) is 4. The number of alkyl halides is 3. The van der Waals surface area contributed by atoms with Crippen LogP contribution in [0.1, 0.15) is 27.8 Å². The van der Waals surface area contributed by atoms with Gasteiger partial charge in [-0.2, -0.15) is 13.2 Å². The summed E-state index contributed by atoms with van der Waals surface area (Å²) in [5.74, 6) is -2.52. The van der Waals surface area contributed by atoms with Crippen LogP contribution in [0.15, 0.2) is 30.6 Å². The molecule has 1 amide bonds. The second-order valence-corrected chi connectivity index (χ2v) is 4.61. The summed E-state index contributed by atoms with van der Waals surface area (Å²) in [6, 6.07) is 1.96. The van der Waals surface area contributed by atoms with Crippen molar-refractivity contribution < 1.29 is 27.9 Å². The first-order valence-electron chi connectivity index (χ1n) is 6.25. The van der Waals surface area contributed by atoms with Crippen molar-refractivity contribution in [1.29, 1.82) is 0 Å². The first kappa shape index (κ1) is 16.5. The zero-order valence-electron chi connectivity index (χ0n) is 11.7. The Morgan fingerprint density at radius 3 is 2.30 bits per heavy atom.